The van der Waals surface area contributed by atoms with Gasteiger partial charge in [-0.1, -0.05) is 29.8 Å². The summed E-state index contributed by atoms with van der Waals surface area (Å²) >= 11 is 3.84. The Kier molecular flexibility index (Phi) is 2.03. The third-order valence-corrected chi connectivity index (χ3v) is 5.67. The second-order valence-electron chi connectivity index (χ2n) is 4.50. The lowest BCUT2D eigenvalue weighted by Gasteiger charge is -2.36. The topological polar surface area (TPSA) is 0 Å². The van der Waals surface area contributed by atoms with Crippen LogP contribution in [0.3, 0.4) is 0 Å². The summed E-state index contributed by atoms with van der Waals surface area (Å²) in [6.45, 7) is 4.84. The van der Waals surface area contributed by atoms with E-state index in [2.05, 4.69) is 29.8 Å². The predicted molar refractivity (Wildman–Crippen MR) is 51.9 cm³/mol. The van der Waals surface area contributed by atoms with Crippen molar-refractivity contribution in [1.82, 2.24) is 0 Å². The molecule has 0 aromatic carbocycles. The van der Waals surface area contributed by atoms with Crippen LogP contribution in [0.15, 0.2) is 0 Å². The van der Waals surface area contributed by atoms with Gasteiger partial charge < -0.3 is 0 Å². The Labute approximate surface area is 77.9 Å². The molecule has 0 unspecified atom stereocenters. The quantitative estimate of drug-likeness (QED) is 0.545. The Hall–Kier alpha value is 0.480. The molecule has 0 aromatic rings. The molecule has 2 aliphatic carbocycles. The van der Waals surface area contributed by atoms with Crippen LogP contribution in [-0.2, 0) is 0 Å². The van der Waals surface area contributed by atoms with E-state index in [1.165, 1.54) is 19.3 Å². The first-order chi connectivity index (χ1) is 5.20. The van der Waals surface area contributed by atoms with Crippen LogP contribution < -0.4 is 0 Å². The number of hydrogen-bond donors (Lipinski definition) is 0. The largest absolute Gasteiger partial charge is 0.0885 e. The van der Waals surface area contributed by atoms with Crippen molar-refractivity contribution in [3.05, 3.63) is 0 Å². The van der Waals surface area contributed by atoms with E-state index < -0.39 is 0 Å². The third-order valence-electron chi connectivity index (χ3n) is 4.01. The van der Waals surface area contributed by atoms with Crippen molar-refractivity contribution in [2.24, 2.45) is 23.7 Å². The summed E-state index contributed by atoms with van der Waals surface area (Å²) in [6, 6.07) is 0. The average molecular weight is 217 g/mol. The first-order valence-corrected chi connectivity index (χ1v) is 5.75. The van der Waals surface area contributed by atoms with E-state index in [1.807, 2.05) is 0 Å². The summed E-state index contributed by atoms with van der Waals surface area (Å²) in [5.41, 5.74) is 0. The Bertz CT molecular complexity index is 135. The molecule has 11 heavy (non-hydrogen) atoms. The summed E-state index contributed by atoms with van der Waals surface area (Å²) in [6.07, 6.45) is 4.51. The maximum absolute atomic E-state index is 3.84. The fourth-order valence-corrected chi connectivity index (χ4v) is 3.87. The fraction of sp³-hybridized carbons (Fsp3) is 1.00. The fourth-order valence-electron chi connectivity index (χ4n) is 3.01. The van der Waals surface area contributed by atoms with E-state index in [1.54, 1.807) is 0 Å². The van der Waals surface area contributed by atoms with E-state index in [9.17, 15) is 0 Å². The van der Waals surface area contributed by atoms with Crippen LogP contribution in [0.2, 0.25) is 0 Å². The van der Waals surface area contributed by atoms with Gasteiger partial charge in [-0.3, -0.25) is 0 Å². The number of alkyl halides is 1. The van der Waals surface area contributed by atoms with Gasteiger partial charge in [0.2, 0.25) is 0 Å². The van der Waals surface area contributed by atoms with Gasteiger partial charge in [0.25, 0.3) is 0 Å². The minimum atomic E-state index is 0.800. The standard InChI is InChI=1S/C10H17Br/c1-6-8-3-4-9(5-8)7(2)10(6)11/h6-10H,3-5H2,1-2H3/t6-,7-,8-,9-/m0/s1. The molecule has 2 saturated carbocycles. The van der Waals surface area contributed by atoms with E-state index in [0.29, 0.717) is 0 Å². The SMILES string of the molecule is C[C@@H]1C(Br)[C@@H](C)[C@H]2CC[C@H]1C2. The Morgan fingerprint density at radius 2 is 1.45 bits per heavy atom. The molecule has 4 atom stereocenters. The zero-order chi connectivity index (χ0) is 8.01. The van der Waals surface area contributed by atoms with Crippen LogP contribution in [0.4, 0.5) is 0 Å². The van der Waals surface area contributed by atoms with Gasteiger partial charge in [-0.05, 0) is 42.9 Å². The molecule has 0 saturated heterocycles. The van der Waals surface area contributed by atoms with Gasteiger partial charge in [0.1, 0.15) is 0 Å². The molecule has 2 fully saturated rings. The molecule has 0 nitrogen and oxygen atoms in total. The van der Waals surface area contributed by atoms with Gasteiger partial charge in [0, 0.05) is 4.83 Å². The minimum Gasteiger partial charge on any atom is -0.0885 e. The molecule has 0 N–H and O–H groups in total. The second kappa shape index (κ2) is 2.76. The maximum Gasteiger partial charge on any atom is 0.0202 e. The zero-order valence-electron chi connectivity index (χ0n) is 7.39. The van der Waals surface area contributed by atoms with Crippen molar-refractivity contribution in [1.29, 1.82) is 0 Å². The van der Waals surface area contributed by atoms with Gasteiger partial charge >= 0.3 is 0 Å². The van der Waals surface area contributed by atoms with E-state index in [0.717, 1.165) is 28.5 Å². The van der Waals surface area contributed by atoms with Crippen molar-refractivity contribution in [2.75, 3.05) is 0 Å². The third kappa shape index (κ3) is 1.16. The van der Waals surface area contributed by atoms with Gasteiger partial charge in [-0.2, -0.15) is 0 Å². The average Bonchev–Trinajstić information content (AvgIpc) is 2.44. The Morgan fingerprint density at radius 1 is 1.00 bits per heavy atom. The monoisotopic (exact) mass is 216 g/mol. The first kappa shape index (κ1) is 8.10. The molecule has 2 aliphatic rings. The predicted octanol–water partition coefficient (Wildman–Crippen LogP) is 3.45. The summed E-state index contributed by atoms with van der Waals surface area (Å²) in [4.78, 5) is 0.800. The molecule has 0 spiro atoms. The molecular formula is C10H17Br. The van der Waals surface area contributed by atoms with Crippen molar-refractivity contribution in [3.63, 3.8) is 0 Å². The number of hydrogen-bond acceptors (Lipinski definition) is 0. The van der Waals surface area contributed by atoms with Gasteiger partial charge in [-0.25, -0.2) is 0 Å². The highest BCUT2D eigenvalue weighted by molar-refractivity contribution is 9.09. The van der Waals surface area contributed by atoms with Crippen molar-refractivity contribution >= 4 is 15.9 Å². The zero-order valence-corrected chi connectivity index (χ0v) is 8.97. The van der Waals surface area contributed by atoms with Gasteiger partial charge in [0.05, 0.1) is 0 Å². The molecule has 0 aliphatic heterocycles. The molecule has 2 bridgehead atoms. The Balaban J connectivity index is 2.16. The van der Waals surface area contributed by atoms with Crippen LogP contribution in [0.25, 0.3) is 0 Å². The molecule has 0 radical (unpaired) electrons. The summed E-state index contributed by atoms with van der Waals surface area (Å²) in [7, 11) is 0. The van der Waals surface area contributed by atoms with E-state index in [-0.39, 0.29) is 0 Å². The number of rotatable bonds is 0. The second-order valence-corrected chi connectivity index (χ2v) is 5.55. The van der Waals surface area contributed by atoms with Crippen molar-refractivity contribution in [2.45, 2.75) is 37.9 Å². The molecule has 0 amide bonds. The maximum atomic E-state index is 3.84. The summed E-state index contributed by atoms with van der Waals surface area (Å²) < 4.78 is 0. The highest BCUT2D eigenvalue weighted by Crippen LogP contribution is 2.50. The first-order valence-electron chi connectivity index (χ1n) is 4.84. The summed E-state index contributed by atoms with van der Waals surface area (Å²) in [5.74, 6) is 3.92. The lowest BCUT2D eigenvalue weighted by Crippen LogP contribution is -2.32. The number of halogens is 1. The molecule has 2 rings (SSSR count). The van der Waals surface area contributed by atoms with Crippen molar-refractivity contribution in [3.8, 4) is 0 Å². The van der Waals surface area contributed by atoms with Crippen LogP contribution in [0.5, 0.6) is 0 Å². The van der Waals surface area contributed by atoms with E-state index in [4.69, 9.17) is 0 Å². The highest BCUT2D eigenvalue weighted by atomic mass is 79.9. The van der Waals surface area contributed by atoms with Crippen LogP contribution in [-0.4, -0.2) is 4.83 Å². The molecular weight excluding hydrogens is 200 g/mol. The van der Waals surface area contributed by atoms with Crippen molar-refractivity contribution < 1.29 is 0 Å². The molecule has 1 heteroatoms. The lowest BCUT2D eigenvalue weighted by atomic mass is 9.75. The number of fused-ring (bicyclic) bond motifs is 2. The van der Waals surface area contributed by atoms with Crippen LogP contribution in [0.1, 0.15) is 33.1 Å². The normalized spacial score (nSPS) is 56.5. The Morgan fingerprint density at radius 3 is 1.91 bits per heavy atom. The molecule has 0 heterocycles. The highest BCUT2D eigenvalue weighted by Gasteiger charge is 2.42. The van der Waals surface area contributed by atoms with Crippen LogP contribution >= 0.6 is 15.9 Å². The van der Waals surface area contributed by atoms with Gasteiger partial charge in [0.15, 0.2) is 0 Å². The molecule has 64 valence electrons. The summed E-state index contributed by atoms with van der Waals surface area (Å²) in [5, 5.41) is 0. The van der Waals surface area contributed by atoms with E-state index >= 15 is 0 Å². The minimum absolute atomic E-state index is 0.800. The molecule has 0 aromatic heterocycles. The van der Waals surface area contributed by atoms with Crippen LogP contribution in [0, 0.1) is 23.7 Å². The smallest absolute Gasteiger partial charge is 0.0202 e. The van der Waals surface area contributed by atoms with Gasteiger partial charge in [-0.15, -0.1) is 0 Å². The lowest BCUT2D eigenvalue weighted by molar-refractivity contribution is 0.212.